The van der Waals surface area contributed by atoms with Crippen LogP contribution in [0, 0.1) is 10.1 Å². The normalized spacial score (nSPS) is 12.0. The lowest BCUT2D eigenvalue weighted by Crippen LogP contribution is -2.15. The SMILES string of the molecule is NC(Cc1ccccc1)c1n[nH]c(Cc2ccc([N+](=O)[O-])cc2)n1. The van der Waals surface area contributed by atoms with Crippen LogP contribution in [0.25, 0.3) is 0 Å². The number of benzene rings is 2. The van der Waals surface area contributed by atoms with Gasteiger partial charge < -0.3 is 5.73 Å². The molecule has 0 bridgehead atoms. The van der Waals surface area contributed by atoms with E-state index in [4.69, 9.17) is 5.73 Å². The van der Waals surface area contributed by atoms with Crippen LogP contribution in [0.3, 0.4) is 0 Å². The van der Waals surface area contributed by atoms with Crippen LogP contribution in [0.2, 0.25) is 0 Å². The highest BCUT2D eigenvalue weighted by Crippen LogP contribution is 2.16. The molecule has 0 fully saturated rings. The Morgan fingerprint density at radius 3 is 2.46 bits per heavy atom. The third kappa shape index (κ3) is 3.82. The molecule has 24 heavy (non-hydrogen) atoms. The maximum absolute atomic E-state index is 10.7. The van der Waals surface area contributed by atoms with Crippen molar-refractivity contribution in [2.24, 2.45) is 5.73 Å². The fourth-order valence-corrected chi connectivity index (χ4v) is 2.44. The van der Waals surface area contributed by atoms with Crippen molar-refractivity contribution in [3.05, 3.63) is 87.5 Å². The zero-order chi connectivity index (χ0) is 16.9. The average Bonchev–Trinajstić information content (AvgIpc) is 3.05. The minimum absolute atomic E-state index is 0.0712. The second kappa shape index (κ2) is 7.01. The van der Waals surface area contributed by atoms with Gasteiger partial charge in [0.05, 0.1) is 11.0 Å². The van der Waals surface area contributed by atoms with Gasteiger partial charge in [-0.25, -0.2) is 4.98 Å². The summed E-state index contributed by atoms with van der Waals surface area (Å²) in [5.74, 6) is 1.25. The summed E-state index contributed by atoms with van der Waals surface area (Å²) in [5.41, 5.74) is 8.29. The summed E-state index contributed by atoms with van der Waals surface area (Å²) >= 11 is 0. The van der Waals surface area contributed by atoms with Crippen molar-refractivity contribution in [2.75, 3.05) is 0 Å². The van der Waals surface area contributed by atoms with Crippen LogP contribution < -0.4 is 5.73 Å². The van der Waals surface area contributed by atoms with Crippen molar-refractivity contribution in [1.82, 2.24) is 15.2 Å². The zero-order valence-electron chi connectivity index (χ0n) is 12.9. The Labute approximate surface area is 138 Å². The van der Waals surface area contributed by atoms with E-state index in [-0.39, 0.29) is 11.7 Å². The molecule has 1 aromatic heterocycles. The van der Waals surface area contributed by atoms with Crippen molar-refractivity contribution in [3.8, 4) is 0 Å². The number of hydrogen-bond donors (Lipinski definition) is 2. The van der Waals surface area contributed by atoms with E-state index in [1.165, 1.54) is 12.1 Å². The lowest BCUT2D eigenvalue weighted by atomic mass is 10.1. The Kier molecular flexibility index (Phi) is 4.62. The number of rotatable bonds is 6. The number of non-ortho nitro benzene ring substituents is 1. The lowest BCUT2D eigenvalue weighted by Gasteiger charge is -2.07. The third-order valence-electron chi connectivity index (χ3n) is 3.70. The fourth-order valence-electron chi connectivity index (χ4n) is 2.44. The van der Waals surface area contributed by atoms with E-state index in [1.807, 2.05) is 30.3 Å². The summed E-state index contributed by atoms with van der Waals surface area (Å²) in [4.78, 5) is 14.7. The van der Waals surface area contributed by atoms with E-state index in [1.54, 1.807) is 12.1 Å². The minimum atomic E-state index is -0.418. The number of nitro groups is 1. The van der Waals surface area contributed by atoms with Crippen LogP contribution in [0.4, 0.5) is 5.69 Å². The van der Waals surface area contributed by atoms with Gasteiger partial charge in [0.2, 0.25) is 0 Å². The lowest BCUT2D eigenvalue weighted by molar-refractivity contribution is -0.384. The number of aromatic nitrogens is 3. The molecule has 0 radical (unpaired) electrons. The van der Waals surface area contributed by atoms with Crippen LogP contribution in [0.1, 0.15) is 28.8 Å². The van der Waals surface area contributed by atoms with E-state index in [0.29, 0.717) is 24.5 Å². The molecule has 3 N–H and O–H groups in total. The maximum Gasteiger partial charge on any atom is 0.269 e. The molecule has 122 valence electrons. The molecule has 0 amide bonds. The first-order valence-electron chi connectivity index (χ1n) is 7.56. The van der Waals surface area contributed by atoms with Crippen LogP contribution in [0.5, 0.6) is 0 Å². The van der Waals surface area contributed by atoms with E-state index < -0.39 is 4.92 Å². The number of nitrogens with one attached hydrogen (secondary N) is 1. The number of H-pyrrole nitrogens is 1. The van der Waals surface area contributed by atoms with Crippen LogP contribution in [-0.4, -0.2) is 20.1 Å². The van der Waals surface area contributed by atoms with E-state index in [9.17, 15) is 10.1 Å². The van der Waals surface area contributed by atoms with E-state index in [2.05, 4.69) is 15.2 Å². The molecule has 3 aromatic rings. The summed E-state index contributed by atoms with van der Waals surface area (Å²) < 4.78 is 0. The molecule has 1 atom stereocenters. The standard InChI is InChI=1S/C17H17N5O2/c18-15(10-12-4-2-1-3-5-12)17-19-16(20-21-17)11-13-6-8-14(9-7-13)22(23)24/h1-9,15H,10-11,18H2,(H,19,20,21). The molecule has 0 spiro atoms. The molecule has 0 aliphatic rings. The molecule has 1 heterocycles. The number of nitrogens with zero attached hydrogens (tertiary/aromatic N) is 3. The molecule has 7 heteroatoms. The predicted molar refractivity (Wildman–Crippen MR) is 89.4 cm³/mol. The molecule has 2 aromatic carbocycles. The molecule has 0 aliphatic carbocycles. The van der Waals surface area contributed by atoms with Gasteiger partial charge in [-0.1, -0.05) is 42.5 Å². The number of aromatic amines is 1. The smallest absolute Gasteiger partial charge is 0.269 e. The summed E-state index contributed by atoms with van der Waals surface area (Å²) in [5, 5.41) is 17.7. The van der Waals surface area contributed by atoms with Gasteiger partial charge in [-0.2, -0.15) is 5.10 Å². The molecule has 1 unspecified atom stereocenters. The largest absolute Gasteiger partial charge is 0.321 e. The summed E-state index contributed by atoms with van der Waals surface area (Å²) in [6.07, 6.45) is 1.18. The van der Waals surface area contributed by atoms with Gasteiger partial charge in [-0.05, 0) is 17.5 Å². The number of nitrogens with two attached hydrogens (primary N) is 1. The van der Waals surface area contributed by atoms with E-state index in [0.717, 1.165) is 11.1 Å². The number of nitro benzene ring substituents is 1. The van der Waals surface area contributed by atoms with E-state index >= 15 is 0 Å². The maximum atomic E-state index is 10.7. The van der Waals surface area contributed by atoms with Crippen molar-refractivity contribution in [3.63, 3.8) is 0 Å². The van der Waals surface area contributed by atoms with Crippen molar-refractivity contribution < 1.29 is 4.92 Å². The Hall–Kier alpha value is -3.06. The van der Waals surface area contributed by atoms with Gasteiger partial charge in [-0.15, -0.1) is 0 Å². The second-order valence-corrected chi connectivity index (χ2v) is 5.54. The Bertz CT molecular complexity index is 815. The monoisotopic (exact) mass is 323 g/mol. The first-order chi connectivity index (χ1) is 11.6. The first kappa shape index (κ1) is 15.8. The molecule has 7 nitrogen and oxygen atoms in total. The quantitative estimate of drug-likeness (QED) is 0.535. The molecular weight excluding hydrogens is 306 g/mol. The van der Waals surface area contributed by atoms with Crippen molar-refractivity contribution in [2.45, 2.75) is 18.9 Å². The fraction of sp³-hybridized carbons (Fsp3) is 0.176. The van der Waals surface area contributed by atoms with Crippen molar-refractivity contribution >= 4 is 5.69 Å². The Morgan fingerprint density at radius 1 is 1.08 bits per heavy atom. The Balaban J connectivity index is 1.65. The zero-order valence-corrected chi connectivity index (χ0v) is 12.9. The molecular formula is C17H17N5O2. The van der Waals surface area contributed by atoms with Crippen LogP contribution >= 0.6 is 0 Å². The van der Waals surface area contributed by atoms with Gasteiger partial charge in [0.15, 0.2) is 5.82 Å². The molecule has 0 saturated heterocycles. The van der Waals surface area contributed by atoms with Crippen LogP contribution in [0.15, 0.2) is 54.6 Å². The second-order valence-electron chi connectivity index (χ2n) is 5.54. The molecule has 0 saturated carbocycles. The highest BCUT2D eigenvalue weighted by Gasteiger charge is 2.13. The van der Waals surface area contributed by atoms with Crippen molar-refractivity contribution in [1.29, 1.82) is 0 Å². The predicted octanol–water partition coefficient (Wildman–Crippen LogP) is 2.55. The number of hydrogen-bond acceptors (Lipinski definition) is 5. The highest BCUT2D eigenvalue weighted by molar-refractivity contribution is 5.33. The van der Waals surface area contributed by atoms with Gasteiger partial charge in [0.1, 0.15) is 5.82 Å². The topological polar surface area (TPSA) is 111 Å². The minimum Gasteiger partial charge on any atom is -0.321 e. The molecule has 3 rings (SSSR count). The third-order valence-corrected chi connectivity index (χ3v) is 3.70. The average molecular weight is 323 g/mol. The van der Waals surface area contributed by atoms with Crippen LogP contribution in [-0.2, 0) is 12.8 Å². The van der Waals surface area contributed by atoms with Gasteiger partial charge in [-0.3, -0.25) is 15.2 Å². The first-order valence-corrected chi connectivity index (χ1v) is 7.56. The van der Waals surface area contributed by atoms with Gasteiger partial charge in [0, 0.05) is 18.6 Å². The van der Waals surface area contributed by atoms with Gasteiger partial charge in [0.25, 0.3) is 5.69 Å². The molecule has 0 aliphatic heterocycles. The summed E-state index contributed by atoms with van der Waals surface area (Å²) in [6.45, 7) is 0. The summed E-state index contributed by atoms with van der Waals surface area (Å²) in [6, 6.07) is 16.0. The van der Waals surface area contributed by atoms with Gasteiger partial charge >= 0.3 is 0 Å². The summed E-state index contributed by atoms with van der Waals surface area (Å²) in [7, 11) is 0. The highest BCUT2D eigenvalue weighted by atomic mass is 16.6. The Morgan fingerprint density at radius 2 is 1.79 bits per heavy atom.